The number of hydrogen-bond donors (Lipinski definition) is 1. The number of carbonyl (C=O) groups is 1. The summed E-state index contributed by atoms with van der Waals surface area (Å²) in [7, 11) is 0. The van der Waals surface area contributed by atoms with E-state index in [0.717, 1.165) is 10.4 Å². The highest BCUT2D eigenvalue weighted by Gasteiger charge is 1.97. The van der Waals surface area contributed by atoms with Gasteiger partial charge in [0, 0.05) is 17.5 Å². The van der Waals surface area contributed by atoms with Crippen LogP contribution in [0, 0.1) is 5.82 Å². The molecule has 1 N–H and O–H groups in total. The van der Waals surface area contributed by atoms with Gasteiger partial charge in [0.1, 0.15) is 5.82 Å². The second-order valence-electron chi connectivity index (χ2n) is 4.02. The van der Waals surface area contributed by atoms with Gasteiger partial charge >= 0.3 is 0 Å². The van der Waals surface area contributed by atoms with Gasteiger partial charge in [-0.3, -0.25) is 4.79 Å². The molecule has 0 bridgehead atoms. The molecule has 98 valence electrons. The molecule has 0 atom stereocenters. The van der Waals surface area contributed by atoms with Crippen molar-refractivity contribution in [1.82, 2.24) is 5.32 Å². The Morgan fingerprint density at radius 1 is 1.26 bits per heavy atom. The quantitative estimate of drug-likeness (QED) is 0.834. The summed E-state index contributed by atoms with van der Waals surface area (Å²) in [5.74, 6) is -0.359. The van der Waals surface area contributed by atoms with E-state index in [1.165, 1.54) is 18.2 Å². The SMILES string of the molecule is O=C(C=Cc1cccs1)NCCc1ccc(F)cc1. The minimum atomic E-state index is -0.244. The van der Waals surface area contributed by atoms with Crippen molar-refractivity contribution in [2.24, 2.45) is 0 Å². The standard InChI is InChI=1S/C15H14FNOS/c16-13-5-3-12(4-6-13)9-10-17-15(18)8-7-14-2-1-11-19-14/h1-8,11H,9-10H2,(H,17,18). The van der Waals surface area contributed by atoms with Gasteiger partial charge in [-0.05, 0) is 41.6 Å². The molecule has 1 heterocycles. The number of hydrogen-bond acceptors (Lipinski definition) is 2. The first-order valence-corrected chi connectivity index (χ1v) is 6.86. The third-order valence-electron chi connectivity index (χ3n) is 2.57. The lowest BCUT2D eigenvalue weighted by Gasteiger charge is -2.02. The van der Waals surface area contributed by atoms with Crippen LogP contribution in [0.4, 0.5) is 4.39 Å². The first-order chi connectivity index (χ1) is 9.24. The Bertz CT molecular complexity index is 546. The van der Waals surface area contributed by atoms with Gasteiger partial charge in [-0.25, -0.2) is 4.39 Å². The summed E-state index contributed by atoms with van der Waals surface area (Å²) >= 11 is 1.58. The largest absolute Gasteiger partial charge is 0.352 e. The number of benzene rings is 1. The van der Waals surface area contributed by atoms with Crippen molar-refractivity contribution in [2.75, 3.05) is 6.54 Å². The number of nitrogens with one attached hydrogen (secondary N) is 1. The summed E-state index contributed by atoms with van der Waals surface area (Å²) in [5.41, 5.74) is 1.00. The van der Waals surface area contributed by atoms with Crippen LogP contribution >= 0.6 is 11.3 Å². The monoisotopic (exact) mass is 275 g/mol. The first-order valence-electron chi connectivity index (χ1n) is 5.98. The summed E-state index contributed by atoms with van der Waals surface area (Å²) < 4.78 is 12.7. The Kier molecular flexibility index (Phi) is 4.86. The zero-order valence-electron chi connectivity index (χ0n) is 10.3. The van der Waals surface area contributed by atoms with Crippen molar-refractivity contribution in [3.05, 3.63) is 64.1 Å². The first kappa shape index (κ1) is 13.5. The fourth-order valence-electron chi connectivity index (χ4n) is 1.58. The van der Waals surface area contributed by atoms with E-state index in [2.05, 4.69) is 5.32 Å². The minimum Gasteiger partial charge on any atom is -0.352 e. The van der Waals surface area contributed by atoms with E-state index >= 15 is 0 Å². The summed E-state index contributed by atoms with van der Waals surface area (Å²) in [4.78, 5) is 12.6. The molecular formula is C15H14FNOS. The zero-order chi connectivity index (χ0) is 13.5. The number of halogens is 1. The average Bonchev–Trinajstić information content (AvgIpc) is 2.92. The topological polar surface area (TPSA) is 29.1 Å². The molecule has 2 rings (SSSR count). The van der Waals surface area contributed by atoms with E-state index in [9.17, 15) is 9.18 Å². The Balaban J connectivity index is 1.73. The normalized spacial score (nSPS) is 10.8. The third kappa shape index (κ3) is 4.67. The van der Waals surface area contributed by atoms with Gasteiger partial charge in [0.2, 0.25) is 5.91 Å². The van der Waals surface area contributed by atoms with E-state index in [1.54, 1.807) is 29.5 Å². The van der Waals surface area contributed by atoms with Crippen LogP contribution in [-0.4, -0.2) is 12.5 Å². The fourth-order valence-corrected chi connectivity index (χ4v) is 2.20. The van der Waals surface area contributed by atoms with Crippen LogP contribution in [0.3, 0.4) is 0 Å². The highest BCUT2D eigenvalue weighted by Crippen LogP contribution is 2.09. The van der Waals surface area contributed by atoms with Crippen LogP contribution in [0.1, 0.15) is 10.4 Å². The second-order valence-corrected chi connectivity index (χ2v) is 5.00. The van der Waals surface area contributed by atoms with Gasteiger partial charge in [0.05, 0.1) is 0 Å². The third-order valence-corrected chi connectivity index (χ3v) is 3.41. The summed E-state index contributed by atoms with van der Waals surface area (Å²) in [6.07, 6.45) is 4.01. The molecule has 1 amide bonds. The molecular weight excluding hydrogens is 261 g/mol. The minimum absolute atomic E-state index is 0.115. The molecule has 2 aromatic rings. The molecule has 0 aliphatic rings. The van der Waals surface area contributed by atoms with E-state index in [0.29, 0.717) is 13.0 Å². The predicted octanol–water partition coefficient (Wildman–Crippen LogP) is 3.26. The highest BCUT2D eigenvalue weighted by molar-refractivity contribution is 7.10. The lowest BCUT2D eigenvalue weighted by molar-refractivity contribution is -0.116. The predicted molar refractivity (Wildman–Crippen MR) is 76.5 cm³/mol. The molecule has 1 aromatic heterocycles. The van der Waals surface area contributed by atoms with Gasteiger partial charge in [0.15, 0.2) is 0 Å². The van der Waals surface area contributed by atoms with Crippen LogP contribution in [0.5, 0.6) is 0 Å². The van der Waals surface area contributed by atoms with Gasteiger partial charge in [-0.1, -0.05) is 18.2 Å². The second kappa shape index (κ2) is 6.85. The molecule has 0 aliphatic carbocycles. The number of thiophene rings is 1. The number of amides is 1. The molecule has 4 heteroatoms. The van der Waals surface area contributed by atoms with Crippen LogP contribution in [-0.2, 0) is 11.2 Å². The Morgan fingerprint density at radius 2 is 2.05 bits per heavy atom. The molecule has 0 saturated heterocycles. The molecule has 0 fully saturated rings. The van der Waals surface area contributed by atoms with Crippen LogP contribution in [0.25, 0.3) is 6.08 Å². The molecule has 19 heavy (non-hydrogen) atoms. The van der Waals surface area contributed by atoms with Crippen molar-refractivity contribution < 1.29 is 9.18 Å². The number of carbonyl (C=O) groups excluding carboxylic acids is 1. The molecule has 0 spiro atoms. The Hall–Kier alpha value is -1.94. The molecule has 0 saturated carbocycles. The van der Waals surface area contributed by atoms with Crippen molar-refractivity contribution in [3.63, 3.8) is 0 Å². The Morgan fingerprint density at radius 3 is 2.74 bits per heavy atom. The van der Waals surface area contributed by atoms with Crippen LogP contribution in [0.15, 0.2) is 47.9 Å². The summed E-state index contributed by atoms with van der Waals surface area (Å²) in [6.45, 7) is 0.541. The maximum atomic E-state index is 12.7. The van der Waals surface area contributed by atoms with Crippen molar-refractivity contribution >= 4 is 23.3 Å². The Labute approximate surface area is 115 Å². The molecule has 0 unspecified atom stereocenters. The van der Waals surface area contributed by atoms with Gasteiger partial charge in [-0.2, -0.15) is 0 Å². The van der Waals surface area contributed by atoms with E-state index in [4.69, 9.17) is 0 Å². The van der Waals surface area contributed by atoms with E-state index in [-0.39, 0.29) is 11.7 Å². The molecule has 0 aliphatic heterocycles. The highest BCUT2D eigenvalue weighted by atomic mass is 32.1. The lowest BCUT2D eigenvalue weighted by Crippen LogP contribution is -2.23. The molecule has 2 nitrogen and oxygen atoms in total. The maximum Gasteiger partial charge on any atom is 0.244 e. The molecule has 0 radical (unpaired) electrons. The van der Waals surface area contributed by atoms with E-state index < -0.39 is 0 Å². The number of rotatable bonds is 5. The van der Waals surface area contributed by atoms with Gasteiger partial charge < -0.3 is 5.32 Å². The van der Waals surface area contributed by atoms with Crippen molar-refractivity contribution in [2.45, 2.75) is 6.42 Å². The van der Waals surface area contributed by atoms with Gasteiger partial charge in [0.25, 0.3) is 0 Å². The zero-order valence-corrected chi connectivity index (χ0v) is 11.1. The average molecular weight is 275 g/mol. The van der Waals surface area contributed by atoms with Crippen LogP contribution < -0.4 is 5.32 Å². The maximum absolute atomic E-state index is 12.7. The van der Waals surface area contributed by atoms with Gasteiger partial charge in [-0.15, -0.1) is 11.3 Å². The van der Waals surface area contributed by atoms with Crippen molar-refractivity contribution in [1.29, 1.82) is 0 Å². The van der Waals surface area contributed by atoms with Crippen LogP contribution in [0.2, 0.25) is 0 Å². The van der Waals surface area contributed by atoms with Crippen molar-refractivity contribution in [3.8, 4) is 0 Å². The fraction of sp³-hybridized carbons (Fsp3) is 0.133. The van der Waals surface area contributed by atoms with E-state index in [1.807, 2.05) is 17.5 Å². The smallest absolute Gasteiger partial charge is 0.244 e. The lowest BCUT2D eigenvalue weighted by atomic mass is 10.1. The summed E-state index contributed by atoms with van der Waals surface area (Å²) in [5, 5.41) is 4.76. The molecule has 1 aromatic carbocycles. The summed E-state index contributed by atoms with van der Waals surface area (Å²) in [6, 6.07) is 10.2.